The highest BCUT2D eigenvalue weighted by Crippen LogP contribution is 2.15. The second kappa shape index (κ2) is 28.5. The maximum Gasteiger partial charge on any atom is 0.243 e. The molecule has 8 atom stereocenters. The Kier molecular flexibility index (Phi) is 24.1. The Morgan fingerprint density at radius 1 is 0.786 bits per heavy atom. The number of amides is 11. The van der Waals surface area contributed by atoms with Crippen molar-refractivity contribution in [1.29, 1.82) is 0 Å². The van der Waals surface area contributed by atoms with Crippen LogP contribution in [0.2, 0.25) is 0 Å². The fourth-order valence-electron chi connectivity index (χ4n) is 6.85. The summed E-state index contributed by atoms with van der Waals surface area (Å²) in [6, 6.07) is -3.90. The third-order valence-corrected chi connectivity index (χ3v) is 12.5. The second-order valence-electron chi connectivity index (χ2n) is 17.4. The zero-order valence-corrected chi connectivity index (χ0v) is 40.3. The van der Waals surface area contributed by atoms with Gasteiger partial charge in [0.1, 0.15) is 48.2 Å². The van der Waals surface area contributed by atoms with Gasteiger partial charge in [-0.15, -0.1) is 0 Å². The highest BCUT2D eigenvalue weighted by atomic mass is 32.2. The average Bonchev–Trinajstić information content (AvgIpc) is 3.27. The minimum absolute atomic E-state index is 0.0935. The van der Waals surface area contributed by atoms with Crippen LogP contribution in [0.15, 0.2) is 24.3 Å². The molecule has 1 fully saturated rings. The number of rotatable bonds is 20. The molecule has 0 spiro atoms. The highest BCUT2D eigenvalue weighted by molar-refractivity contribution is 7.91. The number of benzene rings is 1. The van der Waals surface area contributed by atoms with E-state index in [-0.39, 0.29) is 30.9 Å². The number of sulfone groups is 1. The molecule has 1 aromatic rings. The molecular formula is C43H66FN11O14S. The number of carbonyl (C=O) groups is 11. The van der Waals surface area contributed by atoms with Crippen LogP contribution in [0.4, 0.5) is 4.39 Å². The quantitative estimate of drug-likeness (QED) is 0.0589. The van der Waals surface area contributed by atoms with Gasteiger partial charge < -0.3 is 64.8 Å². The van der Waals surface area contributed by atoms with Gasteiger partial charge in [0.05, 0.1) is 30.9 Å². The molecule has 27 heteroatoms. The monoisotopic (exact) mass is 1010 g/mol. The number of nitrogens with two attached hydrogens (primary N) is 3. The average molecular weight is 1010 g/mol. The van der Waals surface area contributed by atoms with E-state index in [0.29, 0.717) is 5.56 Å². The molecule has 1 saturated heterocycles. The van der Waals surface area contributed by atoms with Gasteiger partial charge in [-0.3, -0.25) is 52.7 Å². The first kappa shape index (κ1) is 59.2. The molecule has 70 heavy (non-hydrogen) atoms. The molecule has 1 aliphatic heterocycles. The zero-order chi connectivity index (χ0) is 52.9. The number of aromatic hydroxyl groups is 1. The molecule has 0 unspecified atom stereocenters. The number of phenolic OH excluding ortho intramolecular Hbond substituents is 1. The van der Waals surface area contributed by atoms with Gasteiger partial charge in [-0.2, -0.15) is 0 Å². The van der Waals surface area contributed by atoms with Crippen LogP contribution >= 0.6 is 0 Å². The van der Waals surface area contributed by atoms with Crippen molar-refractivity contribution in [3.8, 4) is 5.75 Å². The van der Waals surface area contributed by atoms with Gasteiger partial charge in [-0.25, -0.2) is 12.8 Å². The van der Waals surface area contributed by atoms with Crippen LogP contribution in [0.25, 0.3) is 0 Å². The third-order valence-electron chi connectivity index (χ3n) is 10.9. The second-order valence-corrected chi connectivity index (χ2v) is 19.7. The van der Waals surface area contributed by atoms with Crippen LogP contribution < -0.4 is 59.7 Å². The van der Waals surface area contributed by atoms with Crippen LogP contribution in [-0.4, -0.2) is 146 Å². The van der Waals surface area contributed by atoms with Gasteiger partial charge in [0, 0.05) is 25.8 Å². The third kappa shape index (κ3) is 22.0. The van der Waals surface area contributed by atoms with Crippen LogP contribution in [0.1, 0.15) is 84.6 Å². The normalized spacial score (nSPS) is 22.0. The molecule has 0 bridgehead atoms. The summed E-state index contributed by atoms with van der Waals surface area (Å²) in [6.07, 6.45) is -6.22. The van der Waals surface area contributed by atoms with E-state index in [0.717, 1.165) is 0 Å². The van der Waals surface area contributed by atoms with E-state index >= 15 is 4.39 Å². The number of nitrogens with one attached hydrogen (secondary N) is 8. The summed E-state index contributed by atoms with van der Waals surface area (Å²) >= 11 is 0. The summed E-state index contributed by atoms with van der Waals surface area (Å²) in [5.74, 6) is -13.7. The molecule has 1 heterocycles. The van der Waals surface area contributed by atoms with Gasteiger partial charge in [-0.1, -0.05) is 46.2 Å². The molecule has 15 N–H and O–H groups in total. The van der Waals surface area contributed by atoms with Crippen molar-refractivity contribution in [2.75, 3.05) is 24.6 Å². The number of primary amides is 3. The number of phenols is 1. The predicted molar refractivity (Wildman–Crippen MR) is 247 cm³/mol. The maximum absolute atomic E-state index is 15.3. The minimum Gasteiger partial charge on any atom is -0.508 e. The summed E-state index contributed by atoms with van der Waals surface area (Å²) < 4.78 is 42.0. The van der Waals surface area contributed by atoms with Crippen LogP contribution in [-0.2, 0) is 69.0 Å². The van der Waals surface area contributed by atoms with E-state index in [1.165, 1.54) is 24.3 Å². The molecule has 11 amide bonds. The molecular weight excluding hydrogens is 946 g/mol. The lowest BCUT2D eigenvalue weighted by molar-refractivity contribution is -0.136. The lowest BCUT2D eigenvalue weighted by Gasteiger charge is -2.29. The van der Waals surface area contributed by atoms with E-state index in [4.69, 9.17) is 17.2 Å². The topological polar surface area (TPSA) is 416 Å². The largest absolute Gasteiger partial charge is 0.508 e. The van der Waals surface area contributed by atoms with Crippen molar-refractivity contribution in [3.05, 3.63) is 29.8 Å². The van der Waals surface area contributed by atoms with Gasteiger partial charge in [0.25, 0.3) is 0 Å². The molecule has 1 aromatic carbocycles. The van der Waals surface area contributed by atoms with E-state index in [9.17, 15) is 66.3 Å². The van der Waals surface area contributed by atoms with E-state index < -0.39 is 186 Å². The molecule has 25 nitrogen and oxygen atoms in total. The fraction of sp³-hybridized carbons (Fsp3) is 0.605. The summed E-state index contributed by atoms with van der Waals surface area (Å²) in [5.41, 5.74) is 16.2. The van der Waals surface area contributed by atoms with Crippen molar-refractivity contribution in [2.45, 2.75) is 128 Å². The zero-order valence-electron chi connectivity index (χ0n) is 39.5. The molecule has 1 aliphatic rings. The van der Waals surface area contributed by atoms with Crippen LogP contribution in [0, 0.1) is 11.8 Å². The Morgan fingerprint density at radius 3 is 1.99 bits per heavy atom. The number of halogens is 1. The van der Waals surface area contributed by atoms with Gasteiger partial charge in [-0.05, 0) is 48.8 Å². The van der Waals surface area contributed by atoms with Crippen LogP contribution in [0.5, 0.6) is 5.75 Å². The minimum atomic E-state index is -4.30. The van der Waals surface area contributed by atoms with Crippen molar-refractivity contribution < 1.29 is 70.7 Å². The predicted octanol–water partition coefficient (Wildman–Crippen LogP) is -4.27. The van der Waals surface area contributed by atoms with Crippen LogP contribution in [0.3, 0.4) is 0 Å². The highest BCUT2D eigenvalue weighted by Gasteiger charge is 2.36. The van der Waals surface area contributed by atoms with Crippen molar-refractivity contribution in [2.24, 2.45) is 29.0 Å². The van der Waals surface area contributed by atoms with E-state index in [2.05, 4.69) is 42.5 Å². The lowest BCUT2D eigenvalue weighted by Crippen LogP contribution is -2.61. The summed E-state index contributed by atoms with van der Waals surface area (Å²) in [4.78, 5) is 143. The molecule has 0 aliphatic carbocycles. The Balaban J connectivity index is 2.53. The summed E-state index contributed by atoms with van der Waals surface area (Å²) in [5, 5.41) is 28.5. The maximum atomic E-state index is 15.3. The van der Waals surface area contributed by atoms with Gasteiger partial charge in [0.15, 0.2) is 9.84 Å². The van der Waals surface area contributed by atoms with E-state index in [1.54, 1.807) is 27.7 Å². The standard InChI is InChI=1S/C43H66FN11O14S/c1-5-23(4)37-43(67)53-27(10-11-32(45)57)40(64)54-31(19-33(46)58)41(65)52-28(38(62)48-20-25(44)18-36(61)51-29(16-22(2)3)39(63)49-21-34(47)59)12-14-70(68,69)15-13-35(60)50-30(42(66)55-37)17-24-6-8-26(56)9-7-24/h6-9,22-23,25,27-31,37,56H,5,10-21H2,1-4H3,(H2,45,57)(H2,46,58)(H2,47,59)(H,48,62)(H,49,63)(H,50,60)(H,51,61)(H,52,65)(H,53,67)(H,54,64)(H,55,66)/t23-,25-,27-,28-,29-,30-,31-,37-/m0/s1. The molecule has 2 rings (SSSR count). The summed E-state index contributed by atoms with van der Waals surface area (Å²) in [7, 11) is -4.30. The van der Waals surface area contributed by atoms with Crippen molar-refractivity contribution in [1.82, 2.24) is 42.5 Å². The molecule has 390 valence electrons. The number of hydrogen-bond acceptors (Lipinski definition) is 14. The first-order valence-corrected chi connectivity index (χ1v) is 24.3. The first-order chi connectivity index (χ1) is 32.7. The Bertz CT molecular complexity index is 2180. The smallest absolute Gasteiger partial charge is 0.243 e. The van der Waals surface area contributed by atoms with E-state index in [1.807, 2.05) is 0 Å². The fourth-order valence-corrected chi connectivity index (χ4v) is 8.14. The number of hydrogen-bond donors (Lipinski definition) is 12. The van der Waals surface area contributed by atoms with Gasteiger partial charge >= 0.3 is 0 Å². The Morgan fingerprint density at radius 2 is 1.40 bits per heavy atom. The Hall–Kier alpha value is -6.93. The molecule has 0 saturated carbocycles. The van der Waals surface area contributed by atoms with Crippen molar-refractivity contribution >= 4 is 74.8 Å². The first-order valence-electron chi connectivity index (χ1n) is 22.5. The lowest BCUT2D eigenvalue weighted by atomic mass is 9.96. The number of carbonyl (C=O) groups excluding carboxylic acids is 11. The summed E-state index contributed by atoms with van der Waals surface area (Å²) in [6.45, 7) is 5.33. The molecule has 0 aromatic heterocycles. The van der Waals surface area contributed by atoms with Crippen molar-refractivity contribution in [3.63, 3.8) is 0 Å². The van der Waals surface area contributed by atoms with Gasteiger partial charge in [0.2, 0.25) is 65.0 Å². The Labute approximate surface area is 404 Å². The SMILES string of the molecule is CC[C@H](C)[C@@H]1NC(=O)[C@H](Cc2ccc(O)cc2)NC(=O)CCS(=O)(=O)CC[C@@H](C(=O)NC[C@@H](F)CC(=O)N[C@@H](CC(C)C)C(=O)NCC(N)=O)NC(=O)[C@H](CC(N)=O)NC(=O)[C@H](CCC(N)=O)NC1=O. The number of alkyl halides is 1. The molecule has 0 radical (unpaired) electrons.